The van der Waals surface area contributed by atoms with E-state index in [0.717, 1.165) is 7.11 Å². The zero-order valence-corrected chi connectivity index (χ0v) is 34.1. The van der Waals surface area contributed by atoms with E-state index in [2.05, 4.69) is 32.1 Å². The first kappa shape index (κ1) is 50.7. The van der Waals surface area contributed by atoms with Gasteiger partial charge in [-0.05, 0) is 25.7 Å². The summed E-state index contributed by atoms with van der Waals surface area (Å²) < 4.78 is 32.3. The fraction of sp³-hybridized carbons (Fsp3) is 1.00. The van der Waals surface area contributed by atoms with Gasteiger partial charge in [-0.2, -0.15) is 0 Å². The van der Waals surface area contributed by atoms with Crippen LogP contribution in [0.5, 0.6) is 0 Å². The Hall–Kier alpha value is 0.362. The van der Waals surface area contributed by atoms with Crippen molar-refractivity contribution in [3.8, 4) is 0 Å². The zero-order valence-electron chi connectivity index (χ0n) is 32.1. The molecule has 0 heterocycles. The number of rotatable bonds is 35. The number of unbranched alkanes of at least 4 members (excludes halogenated alkanes) is 30. The highest BCUT2D eigenvalue weighted by Gasteiger charge is 2.13. The third-order valence-electron chi connectivity index (χ3n) is 9.44. The molecular formula is C39H83AlNO4S. The molecule has 46 heavy (non-hydrogen) atoms. The van der Waals surface area contributed by atoms with Crippen LogP contribution in [0, 0.1) is 0 Å². The van der Waals surface area contributed by atoms with Crippen molar-refractivity contribution < 1.29 is 21.6 Å². The van der Waals surface area contributed by atoms with Crippen molar-refractivity contribution in [3.63, 3.8) is 0 Å². The van der Waals surface area contributed by atoms with E-state index in [1.165, 1.54) is 223 Å². The smallest absolute Gasteiger partial charge is 0.217 e. The highest BCUT2D eigenvalue weighted by atomic mass is 32.3. The highest BCUT2D eigenvalue weighted by molar-refractivity contribution is 7.80. The first-order valence-electron chi connectivity index (χ1n) is 20.0. The van der Waals surface area contributed by atoms with E-state index in [1.807, 2.05) is 0 Å². The fourth-order valence-electron chi connectivity index (χ4n) is 6.29. The third kappa shape index (κ3) is 48.8. The Morgan fingerprint density at radius 1 is 0.413 bits per heavy atom. The van der Waals surface area contributed by atoms with Crippen LogP contribution in [0.25, 0.3) is 0 Å². The molecule has 0 spiro atoms. The van der Waals surface area contributed by atoms with Gasteiger partial charge in [-0.15, -0.1) is 0 Å². The van der Waals surface area contributed by atoms with Gasteiger partial charge in [-0.25, -0.2) is 8.42 Å². The van der Waals surface area contributed by atoms with Gasteiger partial charge in [0, 0.05) is 17.4 Å². The van der Waals surface area contributed by atoms with Gasteiger partial charge in [0.25, 0.3) is 0 Å². The van der Waals surface area contributed by atoms with Gasteiger partial charge in [0.05, 0.1) is 34.3 Å². The van der Waals surface area contributed by atoms with E-state index in [1.54, 1.807) is 0 Å². The summed E-state index contributed by atoms with van der Waals surface area (Å²) in [6.45, 7) is 7.39. The minimum absolute atomic E-state index is 0. The van der Waals surface area contributed by atoms with E-state index < -0.39 is 10.4 Å². The minimum Gasteiger partial charge on any atom is -0.726 e. The maximum absolute atomic E-state index is 9.22. The standard InChI is InChI=1S/C38H80N.CH4O4S.Al/c1-5-7-9-11-13-15-17-19-21-23-25-27-29-31-33-35-37-39(3,4)38-36-34-32-30-28-26-24-22-20-18-16-14-12-10-8-6-2;1-5-6(2,3)4;/h5-38H2,1-4H3;1H3,(H,2,3,4);/q+1;;/p-1. The summed E-state index contributed by atoms with van der Waals surface area (Å²) in [6.07, 6.45) is 46.9. The predicted molar refractivity (Wildman–Crippen MR) is 203 cm³/mol. The van der Waals surface area contributed by atoms with Crippen LogP contribution < -0.4 is 0 Å². The lowest BCUT2D eigenvalue weighted by molar-refractivity contribution is -0.890. The molecule has 5 nitrogen and oxygen atoms in total. The van der Waals surface area contributed by atoms with Crippen LogP contribution in [-0.4, -0.2) is 69.1 Å². The molecule has 0 saturated carbocycles. The van der Waals surface area contributed by atoms with Crippen LogP contribution >= 0.6 is 0 Å². The summed E-state index contributed by atoms with van der Waals surface area (Å²) in [7, 11) is 1.33. The van der Waals surface area contributed by atoms with Crippen molar-refractivity contribution in [3.05, 3.63) is 0 Å². The summed E-state index contributed by atoms with van der Waals surface area (Å²) in [5.41, 5.74) is 0. The Morgan fingerprint density at radius 3 is 0.717 bits per heavy atom. The van der Waals surface area contributed by atoms with Crippen molar-refractivity contribution in [1.29, 1.82) is 0 Å². The molecule has 0 aromatic heterocycles. The maximum atomic E-state index is 9.22. The average molecular weight is 689 g/mol. The molecule has 0 aliphatic heterocycles. The molecule has 0 aliphatic rings. The molecule has 0 aliphatic carbocycles. The molecule has 0 N–H and O–H groups in total. The van der Waals surface area contributed by atoms with Crippen LogP contribution in [-0.2, 0) is 14.6 Å². The van der Waals surface area contributed by atoms with Gasteiger partial charge in [0.15, 0.2) is 0 Å². The molecule has 0 amide bonds. The maximum Gasteiger partial charge on any atom is 0.217 e. The van der Waals surface area contributed by atoms with Crippen LogP contribution in [0.2, 0.25) is 0 Å². The normalized spacial score (nSPS) is 11.7. The number of quaternary nitrogens is 1. The molecule has 7 heteroatoms. The predicted octanol–water partition coefficient (Wildman–Crippen LogP) is 12.3. The van der Waals surface area contributed by atoms with Gasteiger partial charge in [0.1, 0.15) is 0 Å². The molecule has 0 unspecified atom stereocenters. The molecule has 3 radical (unpaired) electrons. The summed E-state index contributed by atoms with van der Waals surface area (Å²) in [6, 6.07) is 0. The average Bonchev–Trinajstić information content (AvgIpc) is 3.00. The lowest BCUT2D eigenvalue weighted by atomic mass is 10.0. The first-order chi connectivity index (χ1) is 21.7. The monoisotopic (exact) mass is 689 g/mol. The molecule has 277 valence electrons. The van der Waals surface area contributed by atoms with Crippen LogP contribution in [0.1, 0.15) is 219 Å². The second kappa shape index (κ2) is 39.8. The molecule has 0 saturated heterocycles. The van der Waals surface area contributed by atoms with Gasteiger partial charge in [0.2, 0.25) is 10.4 Å². The SMILES string of the molecule is CCCCCCCCCCCCCCCCCC[N+](C)(C)CCCCCCCCCCCCCCCCCC.COS(=O)(=O)[O-].[Al]. The largest absolute Gasteiger partial charge is 0.726 e. The lowest BCUT2D eigenvalue weighted by Crippen LogP contribution is -2.41. The molecular weight excluding hydrogens is 605 g/mol. The fourth-order valence-corrected chi connectivity index (χ4v) is 6.29. The van der Waals surface area contributed by atoms with E-state index in [-0.39, 0.29) is 17.4 Å². The van der Waals surface area contributed by atoms with E-state index in [0.29, 0.717) is 0 Å². The Kier molecular flexibility index (Phi) is 43.9. The number of hydrogen-bond acceptors (Lipinski definition) is 4. The van der Waals surface area contributed by atoms with E-state index >= 15 is 0 Å². The summed E-state index contributed by atoms with van der Waals surface area (Å²) >= 11 is 0. The van der Waals surface area contributed by atoms with Crippen LogP contribution in [0.15, 0.2) is 0 Å². The van der Waals surface area contributed by atoms with Gasteiger partial charge in [-0.3, -0.25) is 4.18 Å². The summed E-state index contributed by atoms with van der Waals surface area (Å²) in [4.78, 5) is 0. The van der Waals surface area contributed by atoms with Crippen molar-refractivity contribution in [2.75, 3.05) is 34.3 Å². The second-order valence-electron chi connectivity index (χ2n) is 14.6. The minimum atomic E-state index is -4.41. The summed E-state index contributed by atoms with van der Waals surface area (Å²) in [5, 5.41) is 0. The molecule has 0 atom stereocenters. The Morgan fingerprint density at radius 2 is 0.565 bits per heavy atom. The molecule has 0 bridgehead atoms. The van der Waals surface area contributed by atoms with E-state index in [9.17, 15) is 13.0 Å². The second-order valence-corrected chi connectivity index (χ2v) is 15.7. The number of nitrogens with zero attached hydrogens (tertiary/aromatic N) is 1. The zero-order chi connectivity index (χ0) is 33.7. The lowest BCUT2D eigenvalue weighted by Gasteiger charge is -2.30. The van der Waals surface area contributed by atoms with Crippen LogP contribution in [0.4, 0.5) is 0 Å². The highest BCUT2D eigenvalue weighted by Crippen LogP contribution is 2.16. The van der Waals surface area contributed by atoms with Crippen molar-refractivity contribution in [2.24, 2.45) is 0 Å². The van der Waals surface area contributed by atoms with Crippen molar-refractivity contribution in [1.82, 2.24) is 0 Å². The topological polar surface area (TPSA) is 66.4 Å². The molecule has 0 aromatic carbocycles. The number of hydrogen-bond donors (Lipinski definition) is 0. The quantitative estimate of drug-likeness (QED) is 0.0218. The Labute approximate surface area is 301 Å². The first-order valence-corrected chi connectivity index (χ1v) is 21.3. The van der Waals surface area contributed by atoms with Crippen LogP contribution in [0.3, 0.4) is 0 Å². The van der Waals surface area contributed by atoms with Gasteiger partial charge in [-0.1, -0.05) is 194 Å². The third-order valence-corrected chi connectivity index (χ3v) is 9.85. The van der Waals surface area contributed by atoms with Crippen molar-refractivity contribution >= 4 is 27.8 Å². The van der Waals surface area contributed by atoms with Crippen molar-refractivity contribution in [2.45, 2.75) is 219 Å². The Balaban J connectivity index is -0.00000239. The molecule has 0 rings (SSSR count). The Bertz CT molecular complexity index is 622. The van der Waals surface area contributed by atoms with Gasteiger partial charge < -0.3 is 9.04 Å². The molecule has 0 aromatic rings. The summed E-state index contributed by atoms with van der Waals surface area (Å²) in [5.74, 6) is 0. The molecule has 0 fully saturated rings. The van der Waals surface area contributed by atoms with Gasteiger partial charge >= 0.3 is 0 Å². The van der Waals surface area contributed by atoms with E-state index in [4.69, 9.17) is 0 Å².